The van der Waals surface area contributed by atoms with Gasteiger partial charge in [0.25, 0.3) is 0 Å². The lowest BCUT2D eigenvalue weighted by Crippen LogP contribution is -2.33. The monoisotopic (exact) mass is 302 g/mol. The van der Waals surface area contributed by atoms with Crippen LogP contribution in [0.3, 0.4) is 0 Å². The normalized spacial score (nSPS) is 18.2. The Morgan fingerprint density at radius 1 is 1.41 bits per heavy atom. The van der Waals surface area contributed by atoms with Gasteiger partial charge in [-0.15, -0.1) is 0 Å². The number of rotatable bonds is 3. The SMILES string of the molecule is Cc1cn(C)c(C2CCCN2C(=O)Cc2c(C)noc2C)n1. The zero-order valence-corrected chi connectivity index (χ0v) is 13.6. The van der Waals surface area contributed by atoms with Crippen LogP contribution in [0.1, 0.15) is 47.4 Å². The van der Waals surface area contributed by atoms with Crippen molar-refractivity contribution in [2.24, 2.45) is 7.05 Å². The molecule has 1 aliphatic rings. The number of likely N-dealkylation sites (tertiary alicyclic amines) is 1. The highest BCUT2D eigenvalue weighted by atomic mass is 16.5. The number of aromatic nitrogens is 3. The summed E-state index contributed by atoms with van der Waals surface area (Å²) in [7, 11) is 1.99. The van der Waals surface area contributed by atoms with Gasteiger partial charge in [-0.3, -0.25) is 4.79 Å². The van der Waals surface area contributed by atoms with E-state index >= 15 is 0 Å². The first-order valence-electron chi connectivity index (χ1n) is 7.68. The topological polar surface area (TPSA) is 64.2 Å². The van der Waals surface area contributed by atoms with E-state index in [1.807, 2.05) is 43.5 Å². The third kappa shape index (κ3) is 2.53. The Labute approximate surface area is 130 Å². The number of aryl methyl sites for hydroxylation is 4. The first kappa shape index (κ1) is 14.8. The zero-order valence-electron chi connectivity index (χ0n) is 13.6. The number of hydrogen-bond acceptors (Lipinski definition) is 4. The van der Waals surface area contributed by atoms with Gasteiger partial charge in [0, 0.05) is 25.4 Å². The second-order valence-electron chi connectivity index (χ2n) is 6.08. The van der Waals surface area contributed by atoms with Crippen molar-refractivity contribution in [3.05, 3.63) is 34.7 Å². The van der Waals surface area contributed by atoms with E-state index in [9.17, 15) is 4.79 Å². The highest BCUT2D eigenvalue weighted by molar-refractivity contribution is 5.80. The molecule has 22 heavy (non-hydrogen) atoms. The van der Waals surface area contributed by atoms with Crippen molar-refractivity contribution in [2.75, 3.05) is 6.54 Å². The minimum atomic E-state index is 0.0756. The maximum atomic E-state index is 12.7. The quantitative estimate of drug-likeness (QED) is 0.872. The van der Waals surface area contributed by atoms with Crippen molar-refractivity contribution in [1.29, 1.82) is 0 Å². The molecule has 6 heteroatoms. The van der Waals surface area contributed by atoms with Gasteiger partial charge in [-0.25, -0.2) is 4.98 Å². The Morgan fingerprint density at radius 3 is 2.77 bits per heavy atom. The van der Waals surface area contributed by atoms with E-state index in [4.69, 9.17) is 4.52 Å². The second-order valence-corrected chi connectivity index (χ2v) is 6.08. The van der Waals surface area contributed by atoms with E-state index in [-0.39, 0.29) is 11.9 Å². The molecular formula is C16H22N4O2. The third-order valence-corrected chi connectivity index (χ3v) is 4.41. The van der Waals surface area contributed by atoms with E-state index in [1.54, 1.807) is 0 Å². The lowest BCUT2D eigenvalue weighted by molar-refractivity contribution is -0.131. The zero-order chi connectivity index (χ0) is 15.9. The summed E-state index contributed by atoms with van der Waals surface area (Å²) in [6.45, 7) is 6.50. The van der Waals surface area contributed by atoms with Gasteiger partial charge in [0.05, 0.1) is 23.9 Å². The number of carbonyl (C=O) groups is 1. The van der Waals surface area contributed by atoms with E-state index in [0.717, 1.165) is 47.9 Å². The molecule has 0 aliphatic carbocycles. The molecule has 0 aromatic carbocycles. The molecule has 6 nitrogen and oxygen atoms in total. The molecule has 0 bridgehead atoms. The van der Waals surface area contributed by atoms with Crippen LogP contribution in [0.15, 0.2) is 10.7 Å². The molecule has 1 fully saturated rings. The van der Waals surface area contributed by atoms with Crippen molar-refractivity contribution in [1.82, 2.24) is 19.6 Å². The number of amides is 1. The van der Waals surface area contributed by atoms with E-state index in [2.05, 4.69) is 10.1 Å². The smallest absolute Gasteiger partial charge is 0.227 e. The van der Waals surface area contributed by atoms with Crippen LogP contribution < -0.4 is 0 Å². The van der Waals surface area contributed by atoms with Crippen molar-refractivity contribution >= 4 is 5.91 Å². The largest absolute Gasteiger partial charge is 0.361 e. The van der Waals surface area contributed by atoms with Crippen molar-refractivity contribution in [3.63, 3.8) is 0 Å². The molecule has 2 aromatic heterocycles. The summed E-state index contributed by atoms with van der Waals surface area (Å²) < 4.78 is 7.18. The van der Waals surface area contributed by atoms with Crippen LogP contribution in [0.25, 0.3) is 0 Å². The van der Waals surface area contributed by atoms with Gasteiger partial charge in [0.15, 0.2) is 0 Å². The molecule has 0 N–H and O–H groups in total. The molecule has 2 aromatic rings. The lowest BCUT2D eigenvalue weighted by Gasteiger charge is -2.24. The van der Waals surface area contributed by atoms with Gasteiger partial charge in [-0.05, 0) is 33.6 Å². The lowest BCUT2D eigenvalue weighted by atomic mass is 10.1. The van der Waals surface area contributed by atoms with Crippen LogP contribution in [0.2, 0.25) is 0 Å². The Balaban J connectivity index is 1.81. The summed E-state index contributed by atoms with van der Waals surface area (Å²) >= 11 is 0. The van der Waals surface area contributed by atoms with Gasteiger partial charge in [-0.1, -0.05) is 5.16 Å². The van der Waals surface area contributed by atoms with Crippen LogP contribution >= 0.6 is 0 Å². The average molecular weight is 302 g/mol. The van der Waals surface area contributed by atoms with Crippen molar-refractivity contribution in [2.45, 2.75) is 46.1 Å². The highest BCUT2D eigenvalue weighted by Gasteiger charge is 2.33. The van der Waals surface area contributed by atoms with Gasteiger partial charge >= 0.3 is 0 Å². The molecule has 1 unspecified atom stereocenters. The molecule has 1 atom stereocenters. The maximum Gasteiger partial charge on any atom is 0.227 e. The fourth-order valence-corrected chi connectivity index (χ4v) is 3.29. The second kappa shape index (κ2) is 5.59. The first-order chi connectivity index (χ1) is 10.5. The Kier molecular flexibility index (Phi) is 3.76. The van der Waals surface area contributed by atoms with Crippen LogP contribution in [0.5, 0.6) is 0 Å². The standard InChI is InChI=1S/C16H22N4O2/c1-10-9-19(4)16(17-10)14-6-5-7-20(14)15(21)8-13-11(2)18-22-12(13)3/h9,14H,5-8H2,1-4H3. The van der Waals surface area contributed by atoms with Crippen LogP contribution in [0.4, 0.5) is 0 Å². The number of nitrogens with zero attached hydrogens (tertiary/aromatic N) is 4. The summed E-state index contributed by atoms with van der Waals surface area (Å²) in [5.41, 5.74) is 2.70. The molecule has 3 heterocycles. The molecule has 3 rings (SSSR count). The fraction of sp³-hybridized carbons (Fsp3) is 0.562. The van der Waals surface area contributed by atoms with Crippen LogP contribution in [-0.2, 0) is 18.3 Å². The predicted molar refractivity (Wildman–Crippen MR) is 81.3 cm³/mol. The molecule has 1 aliphatic heterocycles. The predicted octanol–water partition coefficient (Wildman–Crippen LogP) is 2.24. The minimum Gasteiger partial charge on any atom is -0.361 e. The molecule has 1 amide bonds. The minimum absolute atomic E-state index is 0.0756. The van der Waals surface area contributed by atoms with Gasteiger partial charge in [-0.2, -0.15) is 0 Å². The Morgan fingerprint density at radius 2 is 2.18 bits per heavy atom. The van der Waals surface area contributed by atoms with Gasteiger partial charge in [0.2, 0.25) is 5.91 Å². The van der Waals surface area contributed by atoms with E-state index in [0.29, 0.717) is 6.42 Å². The Hall–Kier alpha value is -2.11. The number of hydrogen-bond donors (Lipinski definition) is 0. The summed E-state index contributed by atoms with van der Waals surface area (Å²) in [5, 5.41) is 3.93. The van der Waals surface area contributed by atoms with Gasteiger partial charge < -0.3 is 14.0 Å². The number of carbonyl (C=O) groups excluding carboxylic acids is 1. The van der Waals surface area contributed by atoms with Crippen molar-refractivity contribution < 1.29 is 9.32 Å². The summed E-state index contributed by atoms with van der Waals surface area (Å²) in [6.07, 6.45) is 4.34. The van der Waals surface area contributed by atoms with Crippen molar-refractivity contribution in [3.8, 4) is 0 Å². The Bertz CT molecular complexity index is 682. The number of imidazole rings is 1. The van der Waals surface area contributed by atoms with E-state index in [1.165, 1.54) is 0 Å². The maximum absolute atomic E-state index is 12.7. The first-order valence-corrected chi connectivity index (χ1v) is 7.68. The molecule has 118 valence electrons. The summed E-state index contributed by atoms with van der Waals surface area (Å²) in [5.74, 6) is 1.83. The molecule has 0 saturated carbocycles. The average Bonchev–Trinajstić information content (AvgIpc) is 3.14. The molecular weight excluding hydrogens is 280 g/mol. The van der Waals surface area contributed by atoms with Crippen LogP contribution in [0, 0.1) is 20.8 Å². The summed E-state index contributed by atoms with van der Waals surface area (Å²) in [4.78, 5) is 19.3. The van der Waals surface area contributed by atoms with Gasteiger partial charge in [0.1, 0.15) is 11.6 Å². The molecule has 0 spiro atoms. The molecule has 1 saturated heterocycles. The van der Waals surface area contributed by atoms with Crippen LogP contribution in [-0.4, -0.2) is 32.1 Å². The highest BCUT2D eigenvalue weighted by Crippen LogP contribution is 2.32. The molecule has 0 radical (unpaired) electrons. The third-order valence-electron chi connectivity index (χ3n) is 4.41. The summed E-state index contributed by atoms with van der Waals surface area (Å²) in [6, 6.07) is 0.0756. The fourth-order valence-electron chi connectivity index (χ4n) is 3.29. The van der Waals surface area contributed by atoms with E-state index < -0.39 is 0 Å².